The van der Waals surface area contributed by atoms with Crippen LogP contribution in [-0.2, 0) is 6.54 Å². The summed E-state index contributed by atoms with van der Waals surface area (Å²) < 4.78 is 1.95. The number of aliphatic hydroxyl groups excluding tert-OH is 1. The van der Waals surface area contributed by atoms with E-state index >= 15 is 0 Å². The fourth-order valence-electron chi connectivity index (χ4n) is 4.38. The zero-order chi connectivity index (χ0) is 19.5. The number of rotatable bonds is 3. The topological polar surface area (TPSA) is 61.1 Å². The van der Waals surface area contributed by atoms with Gasteiger partial charge in [0.25, 0.3) is 5.91 Å². The Bertz CT molecular complexity index is 829. The van der Waals surface area contributed by atoms with E-state index in [0.29, 0.717) is 23.8 Å². The van der Waals surface area contributed by atoms with Gasteiger partial charge in [-0.25, -0.2) is 4.98 Å². The van der Waals surface area contributed by atoms with Crippen LogP contribution in [0.1, 0.15) is 61.1 Å². The van der Waals surface area contributed by atoms with E-state index in [2.05, 4.69) is 4.90 Å². The third-order valence-corrected chi connectivity index (χ3v) is 6.10. The molecular formula is C21H29ClN4O2. The summed E-state index contributed by atoms with van der Waals surface area (Å²) in [7, 11) is 0. The maximum atomic E-state index is 13.4. The molecule has 0 bridgehead atoms. The minimum Gasteiger partial charge on any atom is -0.392 e. The molecule has 4 heterocycles. The zero-order valence-electron chi connectivity index (χ0n) is 16.3. The largest absolute Gasteiger partial charge is 0.392 e. The Balaban J connectivity index is 1.66. The summed E-state index contributed by atoms with van der Waals surface area (Å²) in [4.78, 5) is 22.3. The molecule has 1 atom stereocenters. The van der Waals surface area contributed by atoms with Gasteiger partial charge in [0.2, 0.25) is 0 Å². The van der Waals surface area contributed by atoms with Crippen LogP contribution < -0.4 is 0 Å². The molecule has 1 N–H and O–H groups in total. The van der Waals surface area contributed by atoms with Crippen LogP contribution in [0.15, 0.2) is 18.3 Å². The molecule has 0 spiro atoms. The number of aliphatic hydroxyl groups is 1. The van der Waals surface area contributed by atoms with Crippen LogP contribution in [0.3, 0.4) is 0 Å². The van der Waals surface area contributed by atoms with Crippen molar-refractivity contribution < 1.29 is 9.90 Å². The number of pyridine rings is 1. The Morgan fingerprint density at radius 3 is 2.61 bits per heavy atom. The summed E-state index contributed by atoms with van der Waals surface area (Å²) in [5, 5.41) is 10.7. The van der Waals surface area contributed by atoms with Gasteiger partial charge in [-0.3, -0.25) is 9.69 Å². The highest BCUT2D eigenvalue weighted by Crippen LogP contribution is 2.23. The van der Waals surface area contributed by atoms with E-state index in [0.717, 1.165) is 56.7 Å². The molecule has 6 nitrogen and oxygen atoms in total. The average Bonchev–Trinajstić information content (AvgIpc) is 2.99. The van der Waals surface area contributed by atoms with Crippen molar-refractivity contribution in [2.45, 2.75) is 57.6 Å². The molecule has 1 amide bonds. The highest BCUT2D eigenvalue weighted by atomic mass is 35.5. The molecule has 0 saturated carbocycles. The maximum absolute atomic E-state index is 13.4. The number of carbonyl (C=O) groups is 1. The average molecular weight is 405 g/mol. The molecule has 2 aromatic heterocycles. The predicted molar refractivity (Wildman–Crippen MR) is 110 cm³/mol. The zero-order valence-corrected chi connectivity index (χ0v) is 17.1. The van der Waals surface area contributed by atoms with Crippen molar-refractivity contribution in [3.63, 3.8) is 0 Å². The second-order valence-corrected chi connectivity index (χ2v) is 8.51. The third kappa shape index (κ3) is 4.34. The first kappa shape index (κ1) is 19.7. The summed E-state index contributed by atoms with van der Waals surface area (Å²) in [5.74, 6) is 0.0225. The normalized spacial score (nSPS) is 22.2. The number of β-amino-alcohol motifs (C(OH)–C–C–N with tert-alkyl or cyclic N) is 1. The monoisotopic (exact) mass is 404 g/mol. The van der Waals surface area contributed by atoms with Crippen molar-refractivity contribution in [3.05, 3.63) is 34.7 Å². The van der Waals surface area contributed by atoms with E-state index < -0.39 is 0 Å². The van der Waals surface area contributed by atoms with Crippen molar-refractivity contribution in [1.29, 1.82) is 0 Å². The number of amides is 1. The van der Waals surface area contributed by atoms with Gasteiger partial charge in [0.15, 0.2) is 5.69 Å². The van der Waals surface area contributed by atoms with E-state index in [-0.39, 0.29) is 12.0 Å². The highest BCUT2D eigenvalue weighted by molar-refractivity contribution is 6.30. The van der Waals surface area contributed by atoms with Crippen LogP contribution in [0.2, 0.25) is 5.02 Å². The Morgan fingerprint density at radius 1 is 1.11 bits per heavy atom. The molecule has 152 valence electrons. The second-order valence-electron chi connectivity index (χ2n) is 8.07. The van der Waals surface area contributed by atoms with Gasteiger partial charge in [0, 0.05) is 32.4 Å². The molecule has 0 radical (unpaired) electrons. The van der Waals surface area contributed by atoms with Gasteiger partial charge in [-0.15, -0.1) is 0 Å². The molecule has 28 heavy (non-hydrogen) atoms. The van der Waals surface area contributed by atoms with Crippen LogP contribution in [0.4, 0.5) is 0 Å². The van der Waals surface area contributed by atoms with Crippen molar-refractivity contribution in [2.75, 3.05) is 26.2 Å². The molecular weight excluding hydrogens is 376 g/mol. The lowest BCUT2D eigenvalue weighted by Crippen LogP contribution is -2.39. The number of imidazole rings is 1. The second kappa shape index (κ2) is 8.80. The lowest BCUT2D eigenvalue weighted by Gasteiger charge is -2.30. The van der Waals surface area contributed by atoms with Crippen molar-refractivity contribution >= 4 is 23.2 Å². The quantitative estimate of drug-likeness (QED) is 0.852. The Morgan fingerprint density at radius 2 is 1.86 bits per heavy atom. The standard InChI is InChI=1S/C21H29ClN4O2/c22-16-8-9-19-23-20(21(28)25-11-4-2-1-3-5-12-25)18(26(19)13-16)15-24-10-6-7-17(27)14-24/h8-9,13,17,27H,1-7,10-12,14-15H2. The predicted octanol–water partition coefficient (Wildman–Crippen LogP) is 3.35. The van der Waals surface area contributed by atoms with Crippen molar-refractivity contribution in [3.8, 4) is 0 Å². The highest BCUT2D eigenvalue weighted by Gasteiger charge is 2.27. The van der Waals surface area contributed by atoms with Crippen LogP contribution >= 0.6 is 11.6 Å². The Kier molecular flexibility index (Phi) is 6.19. The van der Waals surface area contributed by atoms with Gasteiger partial charge in [0.1, 0.15) is 5.65 Å². The number of fused-ring (bicyclic) bond motifs is 1. The number of piperidine rings is 1. The lowest BCUT2D eigenvalue weighted by molar-refractivity contribution is 0.0649. The molecule has 2 aliphatic rings. The minimum absolute atomic E-state index is 0.0225. The third-order valence-electron chi connectivity index (χ3n) is 5.88. The number of nitrogens with zero attached hydrogens (tertiary/aromatic N) is 4. The number of hydrogen-bond donors (Lipinski definition) is 1. The molecule has 2 aliphatic heterocycles. The SMILES string of the molecule is O=C(c1nc2ccc(Cl)cn2c1CN1CCCC(O)C1)N1CCCCCCC1. The molecule has 7 heteroatoms. The van der Waals surface area contributed by atoms with Gasteiger partial charge in [0.05, 0.1) is 16.8 Å². The number of carbonyl (C=O) groups excluding carboxylic acids is 1. The number of halogens is 1. The number of aromatic nitrogens is 2. The summed E-state index contributed by atoms with van der Waals surface area (Å²) in [5.41, 5.74) is 2.15. The van der Waals surface area contributed by atoms with Gasteiger partial charge in [-0.05, 0) is 44.4 Å². The molecule has 4 rings (SSSR count). The summed E-state index contributed by atoms with van der Waals surface area (Å²) in [6.07, 6.45) is 9.08. The fourth-order valence-corrected chi connectivity index (χ4v) is 4.54. The van der Waals surface area contributed by atoms with Gasteiger partial charge < -0.3 is 14.4 Å². The molecule has 0 aliphatic carbocycles. The number of likely N-dealkylation sites (tertiary alicyclic amines) is 2. The Hall–Kier alpha value is -1.63. The summed E-state index contributed by atoms with van der Waals surface area (Å²) in [6.45, 7) is 3.74. The first-order chi connectivity index (χ1) is 13.6. The van der Waals surface area contributed by atoms with Crippen LogP contribution in [-0.4, -0.2) is 62.5 Å². The first-order valence-corrected chi connectivity index (χ1v) is 10.9. The first-order valence-electron chi connectivity index (χ1n) is 10.5. The Labute approximate surface area is 171 Å². The number of hydrogen-bond acceptors (Lipinski definition) is 4. The molecule has 0 aromatic carbocycles. The van der Waals surface area contributed by atoms with Gasteiger partial charge in [-0.1, -0.05) is 30.9 Å². The summed E-state index contributed by atoms with van der Waals surface area (Å²) in [6, 6.07) is 3.67. The van der Waals surface area contributed by atoms with Crippen molar-refractivity contribution in [2.24, 2.45) is 0 Å². The summed E-state index contributed by atoms with van der Waals surface area (Å²) >= 11 is 6.24. The van der Waals surface area contributed by atoms with E-state index in [1.165, 1.54) is 19.3 Å². The van der Waals surface area contributed by atoms with E-state index in [9.17, 15) is 9.90 Å². The smallest absolute Gasteiger partial charge is 0.274 e. The van der Waals surface area contributed by atoms with E-state index in [4.69, 9.17) is 16.6 Å². The molecule has 1 unspecified atom stereocenters. The van der Waals surface area contributed by atoms with E-state index in [1.54, 1.807) is 0 Å². The fraction of sp³-hybridized carbons (Fsp3) is 0.619. The molecule has 2 saturated heterocycles. The van der Waals surface area contributed by atoms with Gasteiger partial charge >= 0.3 is 0 Å². The minimum atomic E-state index is -0.301. The van der Waals surface area contributed by atoms with Crippen LogP contribution in [0, 0.1) is 0 Å². The van der Waals surface area contributed by atoms with Gasteiger partial charge in [-0.2, -0.15) is 0 Å². The van der Waals surface area contributed by atoms with Crippen LogP contribution in [0.25, 0.3) is 5.65 Å². The molecule has 2 fully saturated rings. The van der Waals surface area contributed by atoms with Crippen LogP contribution in [0.5, 0.6) is 0 Å². The lowest BCUT2D eigenvalue weighted by atomic mass is 10.1. The molecule has 2 aromatic rings. The van der Waals surface area contributed by atoms with E-state index in [1.807, 2.05) is 27.6 Å². The maximum Gasteiger partial charge on any atom is 0.274 e. The van der Waals surface area contributed by atoms with Crippen molar-refractivity contribution in [1.82, 2.24) is 19.2 Å².